The van der Waals surface area contributed by atoms with Crippen LogP contribution in [-0.2, 0) is 9.53 Å². The Kier molecular flexibility index (Phi) is 6.29. The fourth-order valence-electron chi connectivity index (χ4n) is 3.39. The van der Waals surface area contributed by atoms with E-state index in [1.165, 1.54) is 38.5 Å². The van der Waals surface area contributed by atoms with Crippen molar-refractivity contribution in [3.05, 3.63) is 29.3 Å². The standard InChI is InChI=1S/C19H28O3/c1-3-22-19(21)12-14(2)16-10-11-17(18(20)13-16)15-8-6-4-5-7-9-15/h10-11,13-15,20H,3-9,12H2,1-2H3. The molecule has 22 heavy (non-hydrogen) atoms. The van der Waals surface area contributed by atoms with E-state index >= 15 is 0 Å². The first-order valence-corrected chi connectivity index (χ1v) is 8.60. The molecule has 1 unspecified atom stereocenters. The molecule has 0 saturated heterocycles. The zero-order valence-corrected chi connectivity index (χ0v) is 13.8. The Morgan fingerprint density at radius 2 is 1.95 bits per heavy atom. The number of carbonyl (C=O) groups excluding carboxylic acids is 1. The van der Waals surface area contributed by atoms with E-state index in [-0.39, 0.29) is 11.9 Å². The van der Waals surface area contributed by atoms with Gasteiger partial charge in [0.25, 0.3) is 0 Å². The van der Waals surface area contributed by atoms with Crippen LogP contribution in [0.4, 0.5) is 0 Å². The zero-order chi connectivity index (χ0) is 15.9. The molecular formula is C19H28O3. The van der Waals surface area contributed by atoms with Gasteiger partial charge in [0, 0.05) is 0 Å². The summed E-state index contributed by atoms with van der Waals surface area (Å²) < 4.78 is 5.00. The molecule has 1 aromatic carbocycles. The Hall–Kier alpha value is -1.51. The van der Waals surface area contributed by atoms with E-state index in [0.717, 1.165) is 11.1 Å². The number of phenols is 1. The highest BCUT2D eigenvalue weighted by molar-refractivity contribution is 5.70. The van der Waals surface area contributed by atoms with E-state index in [2.05, 4.69) is 12.1 Å². The molecule has 1 atom stereocenters. The number of aromatic hydroxyl groups is 1. The number of rotatable bonds is 5. The van der Waals surface area contributed by atoms with Crippen LogP contribution in [0.1, 0.15) is 81.8 Å². The third-order valence-electron chi connectivity index (χ3n) is 4.70. The van der Waals surface area contributed by atoms with Gasteiger partial charge in [0.05, 0.1) is 13.0 Å². The normalized spacial score (nSPS) is 17.7. The van der Waals surface area contributed by atoms with Gasteiger partial charge in [-0.2, -0.15) is 0 Å². The second kappa shape index (κ2) is 8.21. The van der Waals surface area contributed by atoms with E-state index in [1.807, 2.05) is 19.9 Å². The number of carbonyl (C=O) groups is 1. The van der Waals surface area contributed by atoms with Gasteiger partial charge in [-0.05, 0) is 48.8 Å². The van der Waals surface area contributed by atoms with E-state index in [1.54, 1.807) is 0 Å². The number of ether oxygens (including phenoxy) is 1. The molecule has 1 aliphatic rings. The summed E-state index contributed by atoms with van der Waals surface area (Å²) in [5.74, 6) is 0.757. The fourth-order valence-corrected chi connectivity index (χ4v) is 3.39. The summed E-state index contributed by atoms with van der Waals surface area (Å²) in [6.45, 7) is 4.23. The van der Waals surface area contributed by atoms with Gasteiger partial charge in [0.2, 0.25) is 0 Å². The maximum absolute atomic E-state index is 11.6. The van der Waals surface area contributed by atoms with E-state index in [4.69, 9.17) is 4.74 Å². The minimum absolute atomic E-state index is 0.0631. The van der Waals surface area contributed by atoms with Gasteiger partial charge in [-0.15, -0.1) is 0 Å². The number of benzene rings is 1. The molecule has 0 aromatic heterocycles. The summed E-state index contributed by atoms with van der Waals surface area (Å²) in [5.41, 5.74) is 2.08. The average molecular weight is 304 g/mol. The Balaban J connectivity index is 2.06. The van der Waals surface area contributed by atoms with Gasteiger partial charge in [-0.3, -0.25) is 4.79 Å². The second-order valence-electron chi connectivity index (χ2n) is 6.42. The van der Waals surface area contributed by atoms with Gasteiger partial charge in [-0.1, -0.05) is 44.7 Å². The molecule has 1 fully saturated rings. The van der Waals surface area contributed by atoms with Crippen LogP contribution in [0.3, 0.4) is 0 Å². The number of hydrogen-bond donors (Lipinski definition) is 1. The predicted octanol–water partition coefficient (Wildman–Crippen LogP) is 4.89. The monoisotopic (exact) mass is 304 g/mol. The van der Waals surface area contributed by atoms with Crippen molar-refractivity contribution in [2.75, 3.05) is 6.61 Å². The first kappa shape index (κ1) is 16.9. The molecular weight excluding hydrogens is 276 g/mol. The highest BCUT2D eigenvalue weighted by atomic mass is 16.5. The minimum Gasteiger partial charge on any atom is -0.508 e. The molecule has 0 bridgehead atoms. The summed E-state index contributed by atoms with van der Waals surface area (Å²) in [5, 5.41) is 10.4. The highest BCUT2D eigenvalue weighted by Gasteiger charge is 2.19. The lowest BCUT2D eigenvalue weighted by Gasteiger charge is -2.18. The first-order chi connectivity index (χ1) is 10.6. The van der Waals surface area contributed by atoms with Gasteiger partial charge < -0.3 is 9.84 Å². The lowest BCUT2D eigenvalue weighted by atomic mass is 9.88. The first-order valence-electron chi connectivity index (χ1n) is 8.60. The third-order valence-corrected chi connectivity index (χ3v) is 4.70. The number of esters is 1. The topological polar surface area (TPSA) is 46.5 Å². The van der Waals surface area contributed by atoms with Crippen LogP contribution in [0.2, 0.25) is 0 Å². The Morgan fingerprint density at radius 1 is 1.27 bits per heavy atom. The molecule has 2 rings (SSSR count). The van der Waals surface area contributed by atoms with Gasteiger partial charge >= 0.3 is 5.97 Å². The zero-order valence-electron chi connectivity index (χ0n) is 13.8. The van der Waals surface area contributed by atoms with Gasteiger partial charge in [0.1, 0.15) is 5.75 Å². The van der Waals surface area contributed by atoms with Crippen LogP contribution in [0.15, 0.2) is 18.2 Å². The summed E-state index contributed by atoms with van der Waals surface area (Å²) in [4.78, 5) is 11.6. The molecule has 0 aliphatic heterocycles. The van der Waals surface area contributed by atoms with Crippen molar-refractivity contribution in [1.29, 1.82) is 0 Å². The van der Waals surface area contributed by atoms with Crippen molar-refractivity contribution in [2.24, 2.45) is 0 Å². The predicted molar refractivity (Wildman–Crippen MR) is 88.2 cm³/mol. The van der Waals surface area contributed by atoms with Crippen LogP contribution in [0.5, 0.6) is 5.75 Å². The molecule has 1 saturated carbocycles. The van der Waals surface area contributed by atoms with Crippen molar-refractivity contribution in [3.63, 3.8) is 0 Å². The minimum atomic E-state index is -0.178. The molecule has 122 valence electrons. The van der Waals surface area contributed by atoms with Crippen LogP contribution < -0.4 is 0 Å². The molecule has 0 amide bonds. The largest absolute Gasteiger partial charge is 0.508 e. The Labute approximate surface area is 133 Å². The maximum atomic E-state index is 11.6. The van der Waals surface area contributed by atoms with E-state index in [0.29, 0.717) is 24.7 Å². The second-order valence-corrected chi connectivity index (χ2v) is 6.42. The Bertz CT molecular complexity index is 487. The summed E-state index contributed by atoms with van der Waals surface area (Å²) in [6, 6.07) is 5.95. The SMILES string of the molecule is CCOC(=O)CC(C)c1ccc(C2CCCCCC2)c(O)c1. The van der Waals surface area contributed by atoms with Crippen LogP contribution >= 0.6 is 0 Å². The molecule has 1 aromatic rings. The number of phenolic OH excluding ortho intramolecular Hbond substituents is 1. The van der Waals surface area contributed by atoms with Crippen molar-refractivity contribution in [1.82, 2.24) is 0 Å². The highest BCUT2D eigenvalue weighted by Crippen LogP contribution is 2.37. The van der Waals surface area contributed by atoms with Gasteiger partial charge in [-0.25, -0.2) is 0 Å². The maximum Gasteiger partial charge on any atom is 0.306 e. The molecule has 0 spiro atoms. The smallest absolute Gasteiger partial charge is 0.306 e. The van der Waals surface area contributed by atoms with Crippen molar-refractivity contribution in [2.45, 2.75) is 70.6 Å². The average Bonchev–Trinajstić information content (AvgIpc) is 2.76. The summed E-state index contributed by atoms with van der Waals surface area (Å²) >= 11 is 0. The molecule has 3 nitrogen and oxygen atoms in total. The molecule has 0 radical (unpaired) electrons. The third kappa shape index (κ3) is 4.49. The lowest BCUT2D eigenvalue weighted by molar-refractivity contribution is -0.143. The van der Waals surface area contributed by atoms with Crippen molar-refractivity contribution < 1.29 is 14.6 Å². The lowest BCUT2D eigenvalue weighted by Crippen LogP contribution is -2.08. The summed E-state index contributed by atoms with van der Waals surface area (Å²) in [6.07, 6.45) is 7.83. The fraction of sp³-hybridized carbons (Fsp3) is 0.632. The molecule has 1 aliphatic carbocycles. The van der Waals surface area contributed by atoms with Crippen molar-refractivity contribution in [3.8, 4) is 5.75 Å². The molecule has 0 heterocycles. The van der Waals surface area contributed by atoms with Crippen LogP contribution in [-0.4, -0.2) is 17.7 Å². The van der Waals surface area contributed by atoms with E-state index in [9.17, 15) is 9.90 Å². The van der Waals surface area contributed by atoms with Crippen LogP contribution in [0, 0.1) is 0 Å². The summed E-state index contributed by atoms with van der Waals surface area (Å²) in [7, 11) is 0. The quantitative estimate of drug-likeness (QED) is 0.622. The van der Waals surface area contributed by atoms with Crippen LogP contribution in [0.25, 0.3) is 0 Å². The Morgan fingerprint density at radius 3 is 2.55 bits per heavy atom. The molecule has 3 heteroatoms. The molecule has 1 N–H and O–H groups in total. The van der Waals surface area contributed by atoms with Gasteiger partial charge in [0.15, 0.2) is 0 Å². The number of hydrogen-bond acceptors (Lipinski definition) is 3. The van der Waals surface area contributed by atoms with Crippen molar-refractivity contribution >= 4 is 5.97 Å². The van der Waals surface area contributed by atoms with E-state index < -0.39 is 0 Å².